The van der Waals surface area contributed by atoms with Crippen LogP contribution >= 0.6 is 0 Å². The van der Waals surface area contributed by atoms with Crippen molar-refractivity contribution in [3.63, 3.8) is 0 Å². The van der Waals surface area contributed by atoms with E-state index in [9.17, 15) is 18.8 Å². The largest absolute Gasteiger partial charge is 0.347 e. The maximum Gasteiger partial charge on any atom is 0.294 e. The first-order valence-electron chi connectivity index (χ1n) is 8.60. The fraction of sp³-hybridized carbons (Fsp3) is 0.300. The van der Waals surface area contributed by atoms with E-state index >= 15 is 0 Å². The third-order valence-electron chi connectivity index (χ3n) is 4.34. The lowest BCUT2D eigenvalue weighted by Crippen LogP contribution is -2.37. The van der Waals surface area contributed by atoms with Crippen LogP contribution in [0.5, 0.6) is 0 Å². The normalized spacial score (nSPS) is 10.5. The Morgan fingerprint density at radius 2 is 1.86 bits per heavy atom. The molecule has 0 spiro atoms. The van der Waals surface area contributed by atoms with Crippen molar-refractivity contribution in [1.29, 1.82) is 5.26 Å². The summed E-state index contributed by atoms with van der Waals surface area (Å²) in [5.41, 5.74) is 1.28. The number of anilines is 1. The van der Waals surface area contributed by atoms with Gasteiger partial charge in [-0.3, -0.25) is 14.4 Å². The number of benzene rings is 1. The van der Waals surface area contributed by atoms with Gasteiger partial charge >= 0.3 is 0 Å². The third-order valence-corrected chi connectivity index (χ3v) is 4.34. The molecule has 0 saturated heterocycles. The molecule has 1 aromatic carbocycles. The van der Waals surface area contributed by atoms with E-state index in [0.717, 1.165) is 6.07 Å². The maximum atomic E-state index is 13.5. The van der Waals surface area contributed by atoms with E-state index in [4.69, 9.17) is 5.26 Å². The number of nitrogens with one attached hydrogen (secondary N) is 2. The maximum absolute atomic E-state index is 13.5. The van der Waals surface area contributed by atoms with Crippen molar-refractivity contribution < 1.29 is 18.8 Å². The molecule has 0 aliphatic carbocycles. The number of ketones is 1. The van der Waals surface area contributed by atoms with Crippen LogP contribution in [0, 0.1) is 31.0 Å². The molecule has 8 heteroatoms. The molecule has 0 atom stereocenters. The Kier molecular flexibility index (Phi) is 5.99. The van der Waals surface area contributed by atoms with Gasteiger partial charge in [0.25, 0.3) is 17.6 Å². The van der Waals surface area contributed by atoms with Crippen LogP contribution in [0.4, 0.5) is 10.1 Å². The summed E-state index contributed by atoms with van der Waals surface area (Å²) in [6.07, 6.45) is 0. The molecule has 2 N–H and O–H groups in total. The monoisotopic (exact) mass is 384 g/mol. The van der Waals surface area contributed by atoms with Gasteiger partial charge in [-0.25, -0.2) is 4.39 Å². The number of nitrogens with zero attached hydrogens (tertiary/aromatic N) is 2. The number of halogens is 1. The topological polar surface area (TPSA) is 104 Å². The lowest BCUT2D eigenvalue weighted by Gasteiger charge is -2.09. The molecule has 0 radical (unpaired) electrons. The quantitative estimate of drug-likeness (QED) is 0.611. The fourth-order valence-corrected chi connectivity index (χ4v) is 2.95. The fourth-order valence-electron chi connectivity index (χ4n) is 2.95. The first-order chi connectivity index (χ1) is 13.1. The minimum atomic E-state index is -0.747. The zero-order valence-corrected chi connectivity index (χ0v) is 16.3. The molecule has 0 aliphatic rings. The second-order valence-electron chi connectivity index (χ2n) is 6.71. The first kappa shape index (κ1) is 20.8. The molecule has 146 valence electrons. The molecule has 0 saturated carbocycles. The van der Waals surface area contributed by atoms with Crippen LogP contribution in [0.3, 0.4) is 0 Å². The molecule has 0 unspecified atom stereocenters. The highest BCUT2D eigenvalue weighted by Gasteiger charge is 2.28. The van der Waals surface area contributed by atoms with E-state index in [1.807, 2.05) is 0 Å². The molecule has 0 aliphatic heterocycles. The van der Waals surface area contributed by atoms with E-state index in [-0.39, 0.29) is 28.6 Å². The third kappa shape index (κ3) is 3.93. The number of Topliss-reactive ketones (excluding diaryl/α,β-unsaturated/α-hetero) is 1. The highest BCUT2D eigenvalue weighted by Crippen LogP contribution is 2.23. The lowest BCUT2D eigenvalue weighted by atomic mass is 10.1. The van der Waals surface area contributed by atoms with Crippen molar-refractivity contribution in [2.24, 2.45) is 7.05 Å². The van der Waals surface area contributed by atoms with Crippen molar-refractivity contribution in [2.45, 2.75) is 33.7 Å². The average Bonchev–Trinajstić information content (AvgIpc) is 2.84. The number of carbonyl (C=O) groups is 3. The van der Waals surface area contributed by atoms with Crippen LogP contribution in [-0.2, 0) is 11.8 Å². The van der Waals surface area contributed by atoms with E-state index in [1.54, 1.807) is 40.8 Å². The molecule has 1 aromatic heterocycles. The van der Waals surface area contributed by atoms with Gasteiger partial charge < -0.3 is 15.2 Å². The van der Waals surface area contributed by atoms with Gasteiger partial charge in [-0.15, -0.1) is 0 Å². The molecule has 7 nitrogen and oxygen atoms in total. The minimum absolute atomic E-state index is 0.123. The summed E-state index contributed by atoms with van der Waals surface area (Å²) in [6, 6.07) is 5.16. The van der Waals surface area contributed by atoms with E-state index in [0.29, 0.717) is 11.3 Å². The number of nitriles is 1. The minimum Gasteiger partial charge on any atom is -0.347 e. The zero-order chi connectivity index (χ0) is 21.2. The van der Waals surface area contributed by atoms with Crippen LogP contribution in [-0.4, -0.2) is 28.2 Å². The van der Waals surface area contributed by atoms with Crippen LogP contribution in [0.15, 0.2) is 18.2 Å². The number of carbonyl (C=O) groups excluding carboxylic acids is 3. The van der Waals surface area contributed by atoms with Crippen molar-refractivity contribution in [3.05, 3.63) is 52.1 Å². The summed E-state index contributed by atoms with van der Waals surface area (Å²) >= 11 is 0. The van der Waals surface area contributed by atoms with Gasteiger partial charge in [-0.1, -0.05) is 0 Å². The molecule has 2 aromatic rings. The van der Waals surface area contributed by atoms with Crippen molar-refractivity contribution in [1.82, 2.24) is 9.88 Å². The summed E-state index contributed by atoms with van der Waals surface area (Å²) in [7, 11) is 1.60. The van der Waals surface area contributed by atoms with E-state index in [1.165, 1.54) is 16.7 Å². The van der Waals surface area contributed by atoms with Gasteiger partial charge in [0.1, 0.15) is 11.9 Å². The Bertz CT molecular complexity index is 1020. The number of hydrogen-bond acceptors (Lipinski definition) is 4. The Labute approximate surface area is 162 Å². The molecular formula is C20H21FN4O3. The standard InChI is InChI=1S/C20H21FN4O3/c1-10(2)23-20(28)18(26)17-11(3)16(12(4)25(17)5)19(27)24-14-6-7-15(21)13(8-14)9-22/h6-8,10H,1-5H3,(H,23,28)(H,24,27). The number of amides is 2. The molecule has 1 heterocycles. The zero-order valence-electron chi connectivity index (χ0n) is 16.3. The average molecular weight is 384 g/mol. The van der Waals surface area contributed by atoms with Crippen molar-refractivity contribution in [3.8, 4) is 6.07 Å². The summed E-state index contributed by atoms with van der Waals surface area (Å²) < 4.78 is 15.0. The Morgan fingerprint density at radius 3 is 2.43 bits per heavy atom. The SMILES string of the molecule is Cc1c(C(=O)Nc2ccc(F)c(C#N)c2)c(C)n(C)c1C(=O)C(=O)NC(C)C. The molecule has 28 heavy (non-hydrogen) atoms. The Balaban J connectivity index is 2.39. The van der Waals surface area contributed by atoms with Crippen LogP contribution in [0.1, 0.15) is 51.5 Å². The first-order valence-corrected chi connectivity index (χ1v) is 8.60. The van der Waals surface area contributed by atoms with E-state index in [2.05, 4.69) is 10.6 Å². The molecule has 0 bridgehead atoms. The summed E-state index contributed by atoms with van der Waals surface area (Å²) in [5, 5.41) is 14.1. The smallest absolute Gasteiger partial charge is 0.294 e. The van der Waals surface area contributed by atoms with Crippen molar-refractivity contribution >= 4 is 23.3 Å². The second-order valence-corrected chi connectivity index (χ2v) is 6.71. The Morgan fingerprint density at radius 1 is 1.21 bits per heavy atom. The molecular weight excluding hydrogens is 363 g/mol. The molecule has 2 amide bonds. The van der Waals surface area contributed by atoms with Gasteiger partial charge in [-0.05, 0) is 51.5 Å². The van der Waals surface area contributed by atoms with Crippen LogP contribution in [0.2, 0.25) is 0 Å². The summed E-state index contributed by atoms with van der Waals surface area (Å²) in [4.78, 5) is 37.4. The number of rotatable bonds is 5. The van der Waals surface area contributed by atoms with Crippen LogP contribution in [0.25, 0.3) is 0 Å². The highest BCUT2D eigenvalue weighted by atomic mass is 19.1. The van der Waals surface area contributed by atoms with Gasteiger partial charge in [-0.2, -0.15) is 5.26 Å². The van der Waals surface area contributed by atoms with Gasteiger partial charge in [0.05, 0.1) is 16.8 Å². The number of aromatic nitrogens is 1. The van der Waals surface area contributed by atoms with Crippen molar-refractivity contribution in [2.75, 3.05) is 5.32 Å². The predicted octanol–water partition coefficient (Wildman–Crippen LogP) is 2.61. The molecule has 2 rings (SSSR count). The van der Waals surface area contributed by atoms with Crippen LogP contribution < -0.4 is 10.6 Å². The summed E-state index contributed by atoms with van der Waals surface area (Å²) in [5.74, 6) is -2.69. The van der Waals surface area contributed by atoms with E-state index < -0.39 is 23.4 Å². The second kappa shape index (κ2) is 8.05. The number of hydrogen-bond donors (Lipinski definition) is 2. The van der Waals surface area contributed by atoms with Gasteiger partial charge in [0, 0.05) is 24.5 Å². The predicted molar refractivity (Wildman–Crippen MR) is 102 cm³/mol. The van der Waals surface area contributed by atoms with Gasteiger partial charge in [0.15, 0.2) is 0 Å². The lowest BCUT2D eigenvalue weighted by molar-refractivity contribution is -0.117. The molecule has 0 fully saturated rings. The van der Waals surface area contributed by atoms with Gasteiger partial charge in [0.2, 0.25) is 0 Å². The highest BCUT2D eigenvalue weighted by molar-refractivity contribution is 6.43. The Hall–Kier alpha value is -3.47. The summed E-state index contributed by atoms with van der Waals surface area (Å²) in [6.45, 7) is 6.73.